The number of ether oxygens (including phenoxy) is 2. The van der Waals surface area contributed by atoms with E-state index in [9.17, 15) is 9.59 Å². The molecule has 0 radical (unpaired) electrons. The molecule has 2 atom stereocenters. The molecule has 3 aliphatic heterocycles. The van der Waals surface area contributed by atoms with Crippen molar-refractivity contribution < 1.29 is 19.1 Å². The first-order valence-electron chi connectivity index (χ1n) is 9.98. The maximum atomic E-state index is 13.3. The number of likely N-dealkylation sites (tertiary alicyclic amines) is 1. The summed E-state index contributed by atoms with van der Waals surface area (Å²) in [6.45, 7) is 4.08. The van der Waals surface area contributed by atoms with Crippen LogP contribution in [0.3, 0.4) is 0 Å². The lowest BCUT2D eigenvalue weighted by Crippen LogP contribution is -2.64. The Bertz CT molecular complexity index is 832. The molecular formula is C22H26N2O4. The third-order valence-corrected chi connectivity index (χ3v) is 5.91. The molecule has 3 heterocycles. The molecule has 0 spiro atoms. The topological polar surface area (TPSA) is 67.9 Å². The minimum absolute atomic E-state index is 0.0621. The number of nitrogens with one attached hydrogen (secondary N) is 1. The lowest BCUT2D eigenvalue weighted by atomic mass is 9.70. The standard InChI is InChI=1S/C22H26N2O4/c1-2-27-21(26)22-10-5-11-23-19(22)8-12-24(15-22)20(25)17-9-13-28-18-7-4-3-6-16(18)14-17/h3-4,6-7,9,13-14,19,23H,2,5,8,10-12,15H2,1H3/t19-,22+/m1/s1. The summed E-state index contributed by atoms with van der Waals surface area (Å²) in [5.41, 5.74) is 0.766. The van der Waals surface area contributed by atoms with Gasteiger partial charge in [-0.25, -0.2) is 0 Å². The average molecular weight is 382 g/mol. The van der Waals surface area contributed by atoms with Gasteiger partial charge in [0.2, 0.25) is 0 Å². The van der Waals surface area contributed by atoms with Crippen LogP contribution in [0.25, 0.3) is 6.08 Å². The van der Waals surface area contributed by atoms with Crippen molar-refractivity contribution in [2.75, 3.05) is 26.2 Å². The van der Waals surface area contributed by atoms with E-state index < -0.39 is 5.41 Å². The highest BCUT2D eigenvalue weighted by atomic mass is 16.5. The van der Waals surface area contributed by atoms with Crippen molar-refractivity contribution in [3.8, 4) is 5.75 Å². The largest absolute Gasteiger partial charge is 0.465 e. The number of hydrogen-bond donors (Lipinski definition) is 1. The van der Waals surface area contributed by atoms with E-state index in [0.717, 1.165) is 37.1 Å². The van der Waals surface area contributed by atoms with Gasteiger partial charge >= 0.3 is 5.97 Å². The molecule has 1 N–H and O–H groups in total. The average Bonchev–Trinajstić information content (AvgIpc) is 2.95. The van der Waals surface area contributed by atoms with Crippen LogP contribution in [0.4, 0.5) is 0 Å². The number of amides is 1. The summed E-state index contributed by atoms with van der Waals surface area (Å²) in [4.78, 5) is 28.0. The quantitative estimate of drug-likeness (QED) is 0.814. The van der Waals surface area contributed by atoms with Gasteiger partial charge in [-0.3, -0.25) is 9.59 Å². The minimum Gasteiger partial charge on any atom is -0.465 e. The molecule has 28 heavy (non-hydrogen) atoms. The number of para-hydroxylation sites is 1. The second kappa shape index (κ2) is 7.80. The maximum absolute atomic E-state index is 13.3. The van der Waals surface area contributed by atoms with Gasteiger partial charge in [-0.1, -0.05) is 18.2 Å². The van der Waals surface area contributed by atoms with Gasteiger partial charge in [0.15, 0.2) is 0 Å². The van der Waals surface area contributed by atoms with Gasteiger partial charge in [0.1, 0.15) is 11.2 Å². The Labute approximate surface area is 165 Å². The number of carbonyl (C=O) groups is 2. The first-order valence-corrected chi connectivity index (χ1v) is 9.98. The molecule has 0 aromatic heterocycles. The van der Waals surface area contributed by atoms with Gasteiger partial charge in [-0.05, 0) is 50.9 Å². The van der Waals surface area contributed by atoms with Gasteiger partial charge in [-0.15, -0.1) is 0 Å². The van der Waals surface area contributed by atoms with Crippen molar-refractivity contribution in [2.45, 2.75) is 32.2 Å². The molecule has 2 saturated heterocycles. The van der Waals surface area contributed by atoms with Crippen molar-refractivity contribution in [2.24, 2.45) is 5.41 Å². The van der Waals surface area contributed by atoms with E-state index in [2.05, 4.69) is 5.32 Å². The third kappa shape index (κ3) is 3.33. The van der Waals surface area contributed by atoms with E-state index >= 15 is 0 Å². The number of hydrogen-bond acceptors (Lipinski definition) is 5. The molecule has 1 aromatic carbocycles. The van der Waals surface area contributed by atoms with E-state index in [1.165, 1.54) is 0 Å². The lowest BCUT2D eigenvalue weighted by molar-refractivity contribution is -0.165. The lowest BCUT2D eigenvalue weighted by Gasteiger charge is -2.49. The van der Waals surface area contributed by atoms with E-state index in [4.69, 9.17) is 9.47 Å². The summed E-state index contributed by atoms with van der Waals surface area (Å²) in [7, 11) is 0. The van der Waals surface area contributed by atoms with Crippen LogP contribution in [0.2, 0.25) is 0 Å². The zero-order valence-electron chi connectivity index (χ0n) is 16.1. The summed E-state index contributed by atoms with van der Waals surface area (Å²) in [5.74, 6) is 0.452. The van der Waals surface area contributed by atoms with Gasteiger partial charge in [0, 0.05) is 30.3 Å². The summed E-state index contributed by atoms with van der Waals surface area (Å²) in [5, 5.41) is 3.48. The highest BCUT2D eigenvalue weighted by Gasteiger charge is 2.52. The van der Waals surface area contributed by atoms with Crippen LogP contribution < -0.4 is 10.1 Å². The molecule has 148 valence electrons. The van der Waals surface area contributed by atoms with E-state index in [1.807, 2.05) is 37.3 Å². The Morgan fingerprint density at radius 1 is 1.36 bits per heavy atom. The van der Waals surface area contributed by atoms with Crippen molar-refractivity contribution in [1.82, 2.24) is 10.2 Å². The van der Waals surface area contributed by atoms with E-state index in [-0.39, 0.29) is 17.9 Å². The Hall–Kier alpha value is -2.60. The van der Waals surface area contributed by atoms with Crippen LogP contribution >= 0.6 is 0 Å². The molecule has 1 amide bonds. The number of fused-ring (bicyclic) bond motifs is 2. The normalized spacial score (nSPS) is 26.2. The fourth-order valence-electron chi connectivity index (χ4n) is 4.50. The zero-order chi connectivity index (χ0) is 19.6. The Kier molecular flexibility index (Phi) is 5.22. The first kappa shape index (κ1) is 18.7. The summed E-state index contributed by atoms with van der Waals surface area (Å²) in [6.07, 6.45) is 7.49. The number of esters is 1. The number of carbonyl (C=O) groups excluding carboxylic acids is 2. The van der Waals surface area contributed by atoms with Gasteiger partial charge in [0.05, 0.1) is 12.9 Å². The van der Waals surface area contributed by atoms with E-state index in [0.29, 0.717) is 25.3 Å². The monoisotopic (exact) mass is 382 g/mol. The summed E-state index contributed by atoms with van der Waals surface area (Å²) >= 11 is 0. The fourth-order valence-corrected chi connectivity index (χ4v) is 4.50. The fraction of sp³-hybridized carbons (Fsp3) is 0.455. The molecule has 6 nitrogen and oxygen atoms in total. The smallest absolute Gasteiger partial charge is 0.315 e. The Balaban J connectivity index is 1.60. The van der Waals surface area contributed by atoms with Crippen LogP contribution in [0.15, 0.2) is 42.2 Å². The highest BCUT2D eigenvalue weighted by Crippen LogP contribution is 2.39. The van der Waals surface area contributed by atoms with Crippen LogP contribution in [-0.2, 0) is 14.3 Å². The number of piperidine rings is 2. The molecule has 6 heteroatoms. The molecular weight excluding hydrogens is 356 g/mol. The van der Waals surface area contributed by atoms with Crippen molar-refractivity contribution in [3.63, 3.8) is 0 Å². The summed E-state index contributed by atoms with van der Waals surface area (Å²) < 4.78 is 11.0. The van der Waals surface area contributed by atoms with Crippen molar-refractivity contribution >= 4 is 18.0 Å². The SMILES string of the molecule is CCOC(=O)[C@]12CCCN[C@@H]1CCN(C(=O)C1=Cc3ccccc3OC=C1)C2. The number of rotatable bonds is 3. The predicted molar refractivity (Wildman–Crippen MR) is 105 cm³/mol. The zero-order valence-corrected chi connectivity index (χ0v) is 16.1. The first-order chi connectivity index (χ1) is 13.6. The molecule has 2 fully saturated rings. The molecule has 1 aromatic rings. The Morgan fingerprint density at radius 3 is 3.07 bits per heavy atom. The molecule has 4 rings (SSSR count). The number of benzene rings is 1. The summed E-state index contributed by atoms with van der Waals surface area (Å²) in [6, 6.07) is 7.68. The molecule has 3 aliphatic rings. The maximum Gasteiger partial charge on any atom is 0.315 e. The van der Waals surface area contributed by atoms with Crippen LogP contribution in [0.1, 0.15) is 31.7 Å². The van der Waals surface area contributed by atoms with Gasteiger partial charge in [-0.2, -0.15) is 0 Å². The second-order valence-corrected chi connectivity index (χ2v) is 7.56. The molecule has 0 unspecified atom stereocenters. The number of nitrogens with zero attached hydrogens (tertiary/aromatic N) is 1. The molecule has 0 aliphatic carbocycles. The third-order valence-electron chi connectivity index (χ3n) is 5.91. The molecule has 0 bridgehead atoms. The van der Waals surface area contributed by atoms with Crippen molar-refractivity contribution in [3.05, 3.63) is 47.7 Å². The van der Waals surface area contributed by atoms with Gasteiger partial charge < -0.3 is 19.7 Å². The van der Waals surface area contributed by atoms with Crippen molar-refractivity contribution in [1.29, 1.82) is 0 Å². The molecule has 0 saturated carbocycles. The van der Waals surface area contributed by atoms with Crippen LogP contribution in [-0.4, -0.2) is 49.1 Å². The Morgan fingerprint density at radius 2 is 2.21 bits per heavy atom. The predicted octanol–water partition coefficient (Wildman–Crippen LogP) is 2.51. The highest BCUT2D eigenvalue weighted by molar-refractivity contribution is 6.01. The second-order valence-electron chi connectivity index (χ2n) is 7.56. The van der Waals surface area contributed by atoms with E-state index in [1.54, 1.807) is 17.2 Å². The van der Waals surface area contributed by atoms with Gasteiger partial charge in [0.25, 0.3) is 5.91 Å². The van der Waals surface area contributed by atoms with Crippen LogP contribution in [0.5, 0.6) is 5.75 Å². The van der Waals surface area contributed by atoms with Crippen LogP contribution in [0, 0.1) is 5.41 Å². The minimum atomic E-state index is -0.661.